The second kappa shape index (κ2) is 24.0. The average Bonchev–Trinajstić information content (AvgIpc) is 4.03. The Morgan fingerprint density at radius 1 is 0.667 bits per heavy atom. The van der Waals surface area contributed by atoms with Gasteiger partial charge in [0.05, 0.1) is 5.41 Å². The van der Waals surface area contributed by atoms with E-state index >= 15 is 0 Å². The van der Waals surface area contributed by atoms with Gasteiger partial charge in [-0.15, -0.1) is 6.42 Å². The van der Waals surface area contributed by atoms with Crippen LogP contribution < -0.4 is 0 Å². The molecule has 12 rings (SSSR count). The highest BCUT2D eigenvalue weighted by molar-refractivity contribution is 6.06. The smallest absolute Gasteiger partial charge is 0.0714 e. The summed E-state index contributed by atoms with van der Waals surface area (Å²) in [4.78, 5) is 0. The number of rotatable bonds is 10. The first-order valence-electron chi connectivity index (χ1n) is 28.4. The average molecular weight is 1010 g/mol. The lowest BCUT2D eigenvalue weighted by Gasteiger charge is -2.36. The van der Waals surface area contributed by atoms with E-state index in [0.29, 0.717) is 17.8 Å². The first-order chi connectivity index (χ1) is 38.1. The summed E-state index contributed by atoms with van der Waals surface area (Å²) in [6.07, 6.45) is 27.2. The Morgan fingerprint density at radius 3 is 1.85 bits per heavy atom. The van der Waals surface area contributed by atoms with Crippen molar-refractivity contribution in [2.75, 3.05) is 0 Å². The van der Waals surface area contributed by atoms with E-state index in [4.69, 9.17) is 6.42 Å². The maximum Gasteiger partial charge on any atom is 0.0714 e. The number of hydrogen-bond donors (Lipinski definition) is 0. The van der Waals surface area contributed by atoms with Crippen molar-refractivity contribution >= 4 is 32.3 Å². The lowest BCUT2D eigenvalue weighted by molar-refractivity contribution is 0.369. The van der Waals surface area contributed by atoms with Crippen molar-refractivity contribution in [3.8, 4) is 23.5 Å². The van der Waals surface area contributed by atoms with Crippen molar-refractivity contribution in [3.63, 3.8) is 0 Å². The van der Waals surface area contributed by atoms with E-state index in [2.05, 4.69) is 273 Å². The highest BCUT2D eigenvalue weighted by Gasteiger charge is 2.48. The molecule has 3 unspecified atom stereocenters. The number of fused-ring (bicyclic) bond motifs is 7. The SMILES string of the molecule is C#C/C(C)=C(/C=C\CC)C1=CCC(C(C)C(C)c2ccc3c(c2)C(c2ccc4ccccc4c2)(c2ccc4ccccc4c2)c2cc(Cc4ccccc4)c4ccccc4c2-3)C=C1C.CC1=CC=CCC1.Cc1ccccc1. The van der Waals surface area contributed by atoms with Crippen molar-refractivity contribution in [2.45, 2.75) is 91.9 Å². The lowest BCUT2D eigenvalue weighted by Crippen LogP contribution is -2.29. The Bertz CT molecular complexity index is 3780. The molecule has 0 bridgehead atoms. The van der Waals surface area contributed by atoms with Gasteiger partial charge in [-0.1, -0.05) is 262 Å². The number of aryl methyl sites for hydroxylation is 1. The van der Waals surface area contributed by atoms with E-state index < -0.39 is 5.41 Å². The molecule has 0 heteroatoms. The highest BCUT2D eigenvalue weighted by Crippen LogP contribution is 2.59. The quantitative estimate of drug-likeness (QED) is 0.0946. The molecule has 9 aromatic carbocycles. The van der Waals surface area contributed by atoms with Crippen LogP contribution in [0.15, 0.2) is 265 Å². The van der Waals surface area contributed by atoms with Crippen LogP contribution in [-0.2, 0) is 11.8 Å². The van der Waals surface area contributed by atoms with Crippen molar-refractivity contribution in [1.82, 2.24) is 0 Å². The molecule has 0 saturated heterocycles. The molecule has 0 spiro atoms. The molecule has 9 aromatic rings. The summed E-state index contributed by atoms with van der Waals surface area (Å²) in [7, 11) is 0. The largest absolute Gasteiger partial charge is 0.115 e. The summed E-state index contributed by atoms with van der Waals surface area (Å²) in [5, 5.41) is 7.66. The molecular formula is C78H74. The van der Waals surface area contributed by atoms with E-state index in [9.17, 15) is 0 Å². The maximum absolute atomic E-state index is 5.96. The topological polar surface area (TPSA) is 0 Å². The fraction of sp³-hybridized carbons (Fsp3) is 0.205. The molecule has 3 atom stereocenters. The zero-order valence-corrected chi connectivity index (χ0v) is 46.9. The molecule has 3 aliphatic rings. The second-order valence-corrected chi connectivity index (χ2v) is 22.0. The van der Waals surface area contributed by atoms with Crippen LogP contribution in [0.4, 0.5) is 0 Å². The van der Waals surface area contributed by atoms with Crippen molar-refractivity contribution in [2.24, 2.45) is 11.8 Å². The van der Waals surface area contributed by atoms with Gasteiger partial charge < -0.3 is 0 Å². The fourth-order valence-electron chi connectivity index (χ4n) is 12.4. The van der Waals surface area contributed by atoms with Gasteiger partial charge in [0.15, 0.2) is 0 Å². The van der Waals surface area contributed by atoms with Crippen LogP contribution in [0.5, 0.6) is 0 Å². The number of benzene rings is 9. The Balaban J connectivity index is 0.000000428. The van der Waals surface area contributed by atoms with Gasteiger partial charge in [0.2, 0.25) is 0 Å². The Labute approximate surface area is 466 Å². The van der Waals surface area contributed by atoms with Crippen molar-refractivity contribution < 1.29 is 0 Å². The molecule has 3 aliphatic carbocycles. The first kappa shape index (κ1) is 53.2. The molecule has 0 aliphatic heterocycles. The summed E-state index contributed by atoms with van der Waals surface area (Å²) in [6, 6.07) is 72.6. The minimum absolute atomic E-state index is 0.303. The molecule has 0 fully saturated rings. The zero-order chi connectivity index (χ0) is 54.2. The van der Waals surface area contributed by atoms with Crippen LogP contribution in [0.1, 0.15) is 118 Å². The van der Waals surface area contributed by atoms with Crippen LogP contribution >= 0.6 is 0 Å². The van der Waals surface area contributed by atoms with Gasteiger partial charge in [-0.3, -0.25) is 0 Å². The van der Waals surface area contributed by atoms with Gasteiger partial charge in [0, 0.05) is 5.57 Å². The number of hydrogen-bond acceptors (Lipinski definition) is 0. The molecule has 0 nitrogen and oxygen atoms in total. The van der Waals surface area contributed by atoms with Gasteiger partial charge >= 0.3 is 0 Å². The van der Waals surface area contributed by atoms with Crippen LogP contribution in [0.2, 0.25) is 0 Å². The van der Waals surface area contributed by atoms with Gasteiger partial charge in [-0.05, 0) is 189 Å². The fourth-order valence-corrected chi connectivity index (χ4v) is 12.4. The molecule has 0 radical (unpaired) electrons. The molecule has 0 amide bonds. The number of allylic oxidation sites excluding steroid dienone is 12. The van der Waals surface area contributed by atoms with Gasteiger partial charge in [-0.2, -0.15) is 0 Å². The van der Waals surface area contributed by atoms with Crippen LogP contribution in [0.3, 0.4) is 0 Å². The van der Waals surface area contributed by atoms with Crippen LogP contribution in [0, 0.1) is 31.1 Å². The normalized spacial score (nSPS) is 16.3. The van der Waals surface area contributed by atoms with Crippen LogP contribution in [-0.4, -0.2) is 0 Å². The Kier molecular flexibility index (Phi) is 16.3. The van der Waals surface area contributed by atoms with E-state index in [0.717, 1.165) is 24.8 Å². The zero-order valence-electron chi connectivity index (χ0n) is 46.9. The minimum atomic E-state index is -0.588. The molecule has 78 heavy (non-hydrogen) atoms. The molecule has 0 saturated carbocycles. The molecule has 0 heterocycles. The Morgan fingerprint density at radius 2 is 1.28 bits per heavy atom. The third-order valence-electron chi connectivity index (χ3n) is 16.9. The van der Waals surface area contributed by atoms with E-state index in [-0.39, 0.29) is 0 Å². The minimum Gasteiger partial charge on any atom is -0.115 e. The summed E-state index contributed by atoms with van der Waals surface area (Å²) < 4.78 is 0. The third-order valence-corrected chi connectivity index (χ3v) is 16.9. The predicted molar refractivity (Wildman–Crippen MR) is 337 cm³/mol. The predicted octanol–water partition coefficient (Wildman–Crippen LogP) is 20.9. The summed E-state index contributed by atoms with van der Waals surface area (Å²) in [6.45, 7) is 15.7. The molecule has 0 aromatic heterocycles. The monoisotopic (exact) mass is 1010 g/mol. The number of terminal acetylenes is 1. The molecule has 386 valence electrons. The first-order valence-corrected chi connectivity index (χ1v) is 28.4. The van der Waals surface area contributed by atoms with Gasteiger partial charge in [0.1, 0.15) is 0 Å². The molecule has 0 N–H and O–H groups in total. The second-order valence-electron chi connectivity index (χ2n) is 22.0. The van der Waals surface area contributed by atoms with E-state index in [1.165, 1.54) is 123 Å². The third kappa shape index (κ3) is 10.9. The van der Waals surface area contributed by atoms with Crippen LogP contribution in [0.25, 0.3) is 43.4 Å². The molecular weight excluding hydrogens is 937 g/mol. The van der Waals surface area contributed by atoms with E-state index in [1.54, 1.807) is 0 Å². The van der Waals surface area contributed by atoms with Gasteiger partial charge in [0.25, 0.3) is 0 Å². The Hall–Kier alpha value is -8.24. The standard InChI is InChI=1S/C64H56.C7H10.C7H8/c1-7-9-25-56(42(3)8-2)57-34-30-49(36-43(57)4)44(5)45(6)50-31-35-60-61(40-50)64(54-32-28-47-21-13-15-23-51(47)38-54,55-33-29-48-22-14-16-24-52(48)39-55)62-41-53(37-46-19-11-10-12-20-46)58-26-17-18-27-59(58)63(60)62;2*1-7-5-3-2-4-6-7/h2,9-29,31-36,38-41,44-45,49H,7,30,37H2,1,3-6H3;2-3,5H,4,6H2,1H3;2-6H,1H3/b25-9-,56-42-;;. The van der Waals surface area contributed by atoms with Crippen molar-refractivity contribution in [3.05, 3.63) is 309 Å². The summed E-state index contributed by atoms with van der Waals surface area (Å²) >= 11 is 0. The maximum atomic E-state index is 5.96. The highest BCUT2D eigenvalue weighted by atomic mass is 14.5. The summed E-state index contributed by atoms with van der Waals surface area (Å²) in [5.74, 6) is 4.03. The van der Waals surface area contributed by atoms with Gasteiger partial charge in [-0.25, -0.2) is 0 Å². The lowest BCUT2D eigenvalue weighted by atomic mass is 9.66. The summed E-state index contributed by atoms with van der Waals surface area (Å²) in [5.41, 5.74) is 19.1. The van der Waals surface area contributed by atoms with Crippen molar-refractivity contribution in [1.29, 1.82) is 0 Å². The van der Waals surface area contributed by atoms with E-state index in [1.807, 2.05) is 18.2 Å².